The van der Waals surface area contributed by atoms with Crippen molar-refractivity contribution in [2.45, 2.75) is 43.6 Å². The molecule has 2 atom stereocenters. The first-order chi connectivity index (χ1) is 9.47. The molecular weight excluding hydrogens is 272 g/mol. The molecule has 1 aromatic carbocycles. The van der Waals surface area contributed by atoms with Crippen LogP contribution in [0.1, 0.15) is 37.7 Å². The Bertz CT molecular complexity index is 588. The zero-order valence-corrected chi connectivity index (χ0v) is 12.7. The number of nitrogens with one attached hydrogen (secondary N) is 2. The van der Waals surface area contributed by atoms with Gasteiger partial charge in [-0.05, 0) is 55.3 Å². The summed E-state index contributed by atoms with van der Waals surface area (Å²) < 4.78 is 25.3. The molecule has 0 amide bonds. The molecule has 1 saturated carbocycles. The van der Waals surface area contributed by atoms with Crippen LogP contribution in [-0.4, -0.2) is 27.3 Å². The molecule has 1 aliphatic carbocycles. The van der Waals surface area contributed by atoms with Gasteiger partial charge in [-0.25, -0.2) is 8.42 Å². The Morgan fingerprint density at radius 1 is 1.35 bits per heavy atom. The van der Waals surface area contributed by atoms with Crippen LogP contribution >= 0.6 is 0 Å². The number of hydrogen-bond donors (Lipinski definition) is 2. The Hall–Kier alpha value is -1.07. The van der Waals surface area contributed by atoms with E-state index in [1.807, 2.05) is 18.2 Å². The third kappa shape index (κ3) is 2.83. The van der Waals surface area contributed by atoms with Crippen molar-refractivity contribution in [2.24, 2.45) is 0 Å². The van der Waals surface area contributed by atoms with Crippen molar-refractivity contribution in [3.63, 3.8) is 0 Å². The Labute approximate surface area is 121 Å². The summed E-state index contributed by atoms with van der Waals surface area (Å²) in [5, 5.41) is 3.59. The van der Waals surface area contributed by atoms with Gasteiger partial charge in [-0.2, -0.15) is 0 Å². The van der Waals surface area contributed by atoms with Crippen molar-refractivity contribution in [1.29, 1.82) is 0 Å². The lowest BCUT2D eigenvalue weighted by atomic mass is 9.64. The second-order valence-corrected chi connectivity index (χ2v) is 7.98. The molecule has 1 heterocycles. The minimum absolute atomic E-state index is 0.239. The van der Waals surface area contributed by atoms with Crippen LogP contribution in [0.25, 0.3) is 0 Å². The van der Waals surface area contributed by atoms with E-state index < -0.39 is 10.0 Å². The van der Waals surface area contributed by atoms with E-state index in [0.717, 1.165) is 13.0 Å². The highest BCUT2D eigenvalue weighted by molar-refractivity contribution is 7.92. The van der Waals surface area contributed by atoms with Gasteiger partial charge in [0, 0.05) is 11.7 Å². The summed E-state index contributed by atoms with van der Waals surface area (Å²) >= 11 is 0. The van der Waals surface area contributed by atoms with Crippen LogP contribution in [0.2, 0.25) is 0 Å². The second-order valence-electron chi connectivity index (χ2n) is 6.23. The molecule has 4 nitrogen and oxygen atoms in total. The number of hydrogen-bond acceptors (Lipinski definition) is 3. The molecule has 2 fully saturated rings. The first-order valence-corrected chi connectivity index (χ1v) is 9.18. The van der Waals surface area contributed by atoms with Crippen molar-refractivity contribution in [1.82, 2.24) is 5.32 Å². The summed E-state index contributed by atoms with van der Waals surface area (Å²) in [6, 6.07) is 8.59. The molecule has 0 radical (unpaired) electrons. The van der Waals surface area contributed by atoms with Crippen LogP contribution in [0.4, 0.5) is 5.69 Å². The highest BCUT2D eigenvalue weighted by Crippen LogP contribution is 2.44. The van der Waals surface area contributed by atoms with Gasteiger partial charge >= 0.3 is 0 Å². The van der Waals surface area contributed by atoms with Crippen LogP contribution < -0.4 is 10.0 Å². The van der Waals surface area contributed by atoms with Crippen LogP contribution in [-0.2, 0) is 15.4 Å². The average molecular weight is 294 g/mol. The molecule has 0 aromatic heterocycles. The SMILES string of the molecule is CS(=O)(=O)Nc1cccc(C23CCCC(C2)NCC3)c1. The predicted octanol–water partition coefficient (Wildman–Crippen LogP) is 2.23. The van der Waals surface area contributed by atoms with E-state index in [-0.39, 0.29) is 5.41 Å². The molecule has 110 valence electrons. The van der Waals surface area contributed by atoms with Crippen molar-refractivity contribution in [2.75, 3.05) is 17.5 Å². The van der Waals surface area contributed by atoms with Crippen molar-refractivity contribution in [3.8, 4) is 0 Å². The summed E-state index contributed by atoms with van der Waals surface area (Å²) in [6.45, 7) is 1.06. The van der Waals surface area contributed by atoms with E-state index in [9.17, 15) is 8.42 Å². The topological polar surface area (TPSA) is 58.2 Å². The van der Waals surface area contributed by atoms with E-state index in [2.05, 4.69) is 16.1 Å². The smallest absolute Gasteiger partial charge is 0.229 e. The van der Waals surface area contributed by atoms with Crippen LogP contribution in [0.3, 0.4) is 0 Å². The van der Waals surface area contributed by atoms with E-state index in [1.165, 1.54) is 37.5 Å². The average Bonchev–Trinajstić information content (AvgIpc) is 2.37. The number of sulfonamides is 1. The fourth-order valence-corrected chi connectivity index (χ4v) is 4.37. The molecule has 1 aromatic rings. The monoisotopic (exact) mass is 294 g/mol. The molecule has 2 unspecified atom stereocenters. The summed E-state index contributed by atoms with van der Waals surface area (Å²) in [5.41, 5.74) is 2.21. The first-order valence-electron chi connectivity index (χ1n) is 7.29. The molecule has 20 heavy (non-hydrogen) atoms. The maximum absolute atomic E-state index is 11.4. The van der Waals surface area contributed by atoms with Crippen molar-refractivity contribution < 1.29 is 8.42 Å². The van der Waals surface area contributed by atoms with Gasteiger partial charge in [0.2, 0.25) is 10.0 Å². The predicted molar refractivity (Wildman–Crippen MR) is 81.5 cm³/mol. The first kappa shape index (κ1) is 13.9. The van der Waals surface area contributed by atoms with Gasteiger partial charge in [0.15, 0.2) is 0 Å². The maximum atomic E-state index is 11.4. The molecule has 0 spiro atoms. The molecule has 2 N–H and O–H groups in total. The van der Waals surface area contributed by atoms with Gasteiger partial charge in [0.1, 0.15) is 0 Å². The highest BCUT2D eigenvalue weighted by atomic mass is 32.2. The summed E-state index contributed by atoms with van der Waals surface area (Å²) in [7, 11) is -3.21. The summed E-state index contributed by atoms with van der Waals surface area (Å²) in [5.74, 6) is 0. The summed E-state index contributed by atoms with van der Waals surface area (Å²) in [4.78, 5) is 0. The van der Waals surface area contributed by atoms with E-state index in [4.69, 9.17) is 0 Å². The minimum atomic E-state index is -3.21. The zero-order valence-electron chi connectivity index (χ0n) is 11.9. The molecule has 5 heteroatoms. The number of rotatable bonds is 3. The Morgan fingerprint density at radius 3 is 3.00 bits per heavy atom. The zero-order chi connectivity index (χ0) is 14.2. The molecule has 2 aliphatic rings. The van der Waals surface area contributed by atoms with E-state index in [0.29, 0.717) is 11.7 Å². The van der Waals surface area contributed by atoms with E-state index in [1.54, 1.807) is 0 Å². The van der Waals surface area contributed by atoms with Gasteiger partial charge in [0.05, 0.1) is 6.26 Å². The summed E-state index contributed by atoms with van der Waals surface area (Å²) in [6.07, 6.45) is 7.25. The largest absolute Gasteiger partial charge is 0.314 e. The van der Waals surface area contributed by atoms with Gasteiger partial charge in [-0.15, -0.1) is 0 Å². The number of benzene rings is 1. The number of fused-ring (bicyclic) bond motifs is 2. The van der Waals surface area contributed by atoms with Gasteiger partial charge in [-0.3, -0.25) is 4.72 Å². The van der Waals surface area contributed by atoms with Gasteiger partial charge in [0.25, 0.3) is 0 Å². The van der Waals surface area contributed by atoms with E-state index >= 15 is 0 Å². The lowest BCUT2D eigenvalue weighted by molar-refractivity contribution is 0.180. The number of piperidine rings is 1. The fourth-order valence-electron chi connectivity index (χ4n) is 3.81. The maximum Gasteiger partial charge on any atom is 0.229 e. The standard InChI is InChI=1S/C15H22N2O2S/c1-20(18,19)17-13-5-2-4-12(10-13)15-7-3-6-14(11-15)16-9-8-15/h2,4-5,10,14,16-17H,3,6-9,11H2,1H3. The van der Waals surface area contributed by atoms with Gasteiger partial charge < -0.3 is 5.32 Å². The molecule has 3 rings (SSSR count). The molecule has 1 aliphatic heterocycles. The number of anilines is 1. The van der Waals surface area contributed by atoms with Crippen LogP contribution in [0.5, 0.6) is 0 Å². The quantitative estimate of drug-likeness (QED) is 0.899. The third-order valence-electron chi connectivity index (χ3n) is 4.66. The normalized spacial score (nSPS) is 29.9. The Balaban J connectivity index is 1.91. The highest BCUT2D eigenvalue weighted by Gasteiger charge is 2.40. The lowest BCUT2D eigenvalue weighted by Gasteiger charge is -2.46. The fraction of sp³-hybridized carbons (Fsp3) is 0.600. The Kier molecular flexibility index (Phi) is 3.50. The minimum Gasteiger partial charge on any atom is -0.314 e. The third-order valence-corrected chi connectivity index (χ3v) is 5.27. The molecule has 1 saturated heterocycles. The van der Waals surface area contributed by atoms with Crippen molar-refractivity contribution >= 4 is 15.7 Å². The molecular formula is C15H22N2O2S. The lowest BCUT2D eigenvalue weighted by Crippen LogP contribution is -2.49. The van der Waals surface area contributed by atoms with Crippen molar-refractivity contribution in [3.05, 3.63) is 29.8 Å². The van der Waals surface area contributed by atoms with Gasteiger partial charge in [-0.1, -0.05) is 18.6 Å². The molecule has 2 bridgehead atoms. The Morgan fingerprint density at radius 2 is 2.20 bits per heavy atom. The second kappa shape index (κ2) is 5.04. The van der Waals surface area contributed by atoms with Crippen LogP contribution in [0, 0.1) is 0 Å². The van der Waals surface area contributed by atoms with Crippen LogP contribution in [0.15, 0.2) is 24.3 Å².